The Morgan fingerprint density at radius 3 is 2.65 bits per heavy atom. The van der Waals surface area contributed by atoms with Gasteiger partial charge in [0.25, 0.3) is 5.92 Å². The van der Waals surface area contributed by atoms with Gasteiger partial charge in [0.05, 0.1) is 5.92 Å². The highest BCUT2D eigenvalue weighted by molar-refractivity contribution is 9.10. The third-order valence-corrected chi connectivity index (χ3v) is 5.08. The van der Waals surface area contributed by atoms with Gasteiger partial charge in [-0.2, -0.15) is 0 Å². The molecule has 0 spiro atoms. The van der Waals surface area contributed by atoms with Gasteiger partial charge >= 0.3 is 0 Å². The fourth-order valence-corrected chi connectivity index (χ4v) is 3.49. The zero-order valence-electron chi connectivity index (χ0n) is 12.9. The molecule has 3 rings (SSSR count). The maximum atomic E-state index is 13.2. The van der Waals surface area contributed by atoms with E-state index in [2.05, 4.69) is 25.8 Å². The summed E-state index contributed by atoms with van der Waals surface area (Å²) in [7, 11) is 0. The first-order valence-electron chi connectivity index (χ1n) is 7.98. The van der Waals surface area contributed by atoms with E-state index in [0.29, 0.717) is 6.54 Å². The molecule has 1 unspecified atom stereocenters. The van der Waals surface area contributed by atoms with Gasteiger partial charge in [-0.3, -0.25) is 4.79 Å². The topological polar surface area (TPSA) is 36.4 Å². The van der Waals surface area contributed by atoms with E-state index >= 15 is 0 Å². The molecule has 1 aromatic heterocycles. The van der Waals surface area contributed by atoms with Gasteiger partial charge in [0.15, 0.2) is 0 Å². The highest BCUT2D eigenvalue weighted by Gasteiger charge is 2.38. The smallest absolute Gasteiger partial charge is 0.251 e. The number of anilines is 1. The molecule has 2 aliphatic heterocycles. The van der Waals surface area contributed by atoms with E-state index in [1.165, 1.54) is 0 Å². The number of nitrogens with zero attached hydrogens (tertiary/aromatic N) is 3. The van der Waals surface area contributed by atoms with Crippen LogP contribution in [0.3, 0.4) is 0 Å². The minimum absolute atomic E-state index is 0.0160. The van der Waals surface area contributed by atoms with Crippen molar-refractivity contribution >= 4 is 27.7 Å². The van der Waals surface area contributed by atoms with Gasteiger partial charge in [-0.15, -0.1) is 0 Å². The molecule has 2 fully saturated rings. The van der Waals surface area contributed by atoms with Crippen molar-refractivity contribution in [1.29, 1.82) is 0 Å². The first-order chi connectivity index (χ1) is 10.9. The van der Waals surface area contributed by atoms with Gasteiger partial charge in [-0.05, 0) is 40.9 Å². The molecule has 2 aliphatic rings. The van der Waals surface area contributed by atoms with Crippen LogP contribution in [0.15, 0.2) is 22.8 Å². The lowest BCUT2D eigenvalue weighted by atomic mass is 9.95. The maximum absolute atomic E-state index is 13.2. The SMILES string of the molecule is O=C(C1CCCN(c2ccc(Br)cn2)C1)N1CCC(F)(F)CC1. The molecule has 23 heavy (non-hydrogen) atoms. The number of carbonyl (C=O) groups excluding carboxylic acids is 1. The van der Waals surface area contributed by atoms with E-state index < -0.39 is 5.92 Å². The Morgan fingerprint density at radius 1 is 1.26 bits per heavy atom. The summed E-state index contributed by atoms with van der Waals surface area (Å²) in [6.07, 6.45) is 3.04. The monoisotopic (exact) mass is 387 g/mol. The van der Waals surface area contributed by atoms with Crippen LogP contribution in [0.1, 0.15) is 25.7 Å². The minimum Gasteiger partial charge on any atom is -0.356 e. The summed E-state index contributed by atoms with van der Waals surface area (Å²) in [6, 6.07) is 3.86. The largest absolute Gasteiger partial charge is 0.356 e. The lowest BCUT2D eigenvalue weighted by molar-refractivity contribution is -0.141. The molecule has 0 radical (unpaired) electrons. The number of amides is 1. The van der Waals surface area contributed by atoms with Crippen molar-refractivity contribution in [2.45, 2.75) is 31.6 Å². The average molecular weight is 388 g/mol. The number of likely N-dealkylation sites (tertiary alicyclic amines) is 1. The van der Waals surface area contributed by atoms with Crippen molar-refractivity contribution in [2.75, 3.05) is 31.1 Å². The van der Waals surface area contributed by atoms with Crippen LogP contribution in [0.4, 0.5) is 14.6 Å². The Hall–Kier alpha value is -1.24. The average Bonchev–Trinajstić information content (AvgIpc) is 2.55. The van der Waals surface area contributed by atoms with Crippen LogP contribution in [0, 0.1) is 5.92 Å². The molecule has 0 aliphatic carbocycles. The van der Waals surface area contributed by atoms with Crippen molar-refractivity contribution in [3.63, 3.8) is 0 Å². The summed E-state index contributed by atoms with van der Waals surface area (Å²) in [5.74, 6) is -1.87. The molecule has 0 aromatic carbocycles. The van der Waals surface area contributed by atoms with Gasteiger partial charge < -0.3 is 9.80 Å². The molecule has 2 saturated heterocycles. The first kappa shape index (κ1) is 16.6. The van der Waals surface area contributed by atoms with Crippen molar-refractivity contribution in [3.8, 4) is 0 Å². The van der Waals surface area contributed by atoms with E-state index in [9.17, 15) is 13.6 Å². The highest BCUT2D eigenvalue weighted by Crippen LogP contribution is 2.30. The second-order valence-corrected chi connectivity index (χ2v) is 7.22. The summed E-state index contributed by atoms with van der Waals surface area (Å²) in [5.41, 5.74) is 0. The van der Waals surface area contributed by atoms with Crippen LogP contribution < -0.4 is 4.90 Å². The van der Waals surface area contributed by atoms with E-state index in [-0.39, 0.29) is 37.8 Å². The number of rotatable bonds is 2. The molecule has 0 bridgehead atoms. The zero-order chi connectivity index (χ0) is 16.4. The summed E-state index contributed by atoms with van der Waals surface area (Å²) in [4.78, 5) is 20.7. The standard InChI is InChI=1S/C16H20BrF2N3O/c17-13-3-4-14(20-10-13)22-7-1-2-12(11-22)15(23)21-8-5-16(18,19)6-9-21/h3-4,10,12H,1-2,5-9,11H2. The van der Waals surface area contributed by atoms with E-state index in [4.69, 9.17) is 0 Å². The number of piperidine rings is 2. The van der Waals surface area contributed by atoms with Crippen molar-refractivity contribution in [1.82, 2.24) is 9.88 Å². The zero-order valence-corrected chi connectivity index (χ0v) is 14.4. The lowest BCUT2D eigenvalue weighted by Crippen LogP contribution is -2.49. The molecule has 1 atom stereocenters. The van der Waals surface area contributed by atoms with E-state index in [1.54, 1.807) is 11.1 Å². The number of hydrogen-bond acceptors (Lipinski definition) is 3. The molecule has 7 heteroatoms. The minimum atomic E-state index is -2.61. The van der Waals surface area contributed by atoms with Crippen LogP contribution in [0.2, 0.25) is 0 Å². The van der Waals surface area contributed by atoms with Gasteiger partial charge in [0, 0.05) is 49.7 Å². The molecule has 1 amide bonds. The van der Waals surface area contributed by atoms with E-state index in [0.717, 1.165) is 29.7 Å². The quantitative estimate of drug-likeness (QED) is 0.780. The van der Waals surface area contributed by atoms with Crippen LogP contribution >= 0.6 is 15.9 Å². The molecular formula is C16H20BrF2N3O. The third-order valence-electron chi connectivity index (χ3n) is 4.61. The van der Waals surface area contributed by atoms with Crippen LogP contribution in [-0.2, 0) is 4.79 Å². The number of carbonyl (C=O) groups is 1. The molecule has 4 nitrogen and oxygen atoms in total. The normalized spacial score (nSPS) is 24.6. The number of alkyl halides is 2. The van der Waals surface area contributed by atoms with Gasteiger partial charge in [0.2, 0.25) is 5.91 Å². The van der Waals surface area contributed by atoms with Crippen LogP contribution in [0.25, 0.3) is 0 Å². The number of aromatic nitrogens is 1. The molecule has 0 N–H and O–H groups in total. The predicted octanol–water partition coefficient (Wildman–Crippen LogP) is 3.32. The summed E-state index contributed by atoms with van der Waals surface area (Å²) in [5, 5.41) is 0. The first-order valence-corrected chi connectivity index (χ1v) is 8.77. The van der Waals surface area contributed by atoms with E-state index in [1.807, 2.05) is 12.1 Å². The Balaban J connectivity index is 1.62. The fraction of sp³-hybridized carbons (Fsp3) is 0.625. The third kappa shape index (κ3) is 4.00. The fourth-order valence-electron chi connectivity index (χ4n) is 3.25. The maximum Gasteiger partial charge on any atom is 0.251 e. The van der Waals surface area contributed by atoms with Crippen LogP contribution in [0.5, 0.6) is 0 Å². The summed E-state index contributed by atoms with van der Waals surface area (Å²) >= 11 is 3.36. The number of pyridine rings is 1. The van der Waals surface area contributed by atoms with Crippen LogP contribution in [-0.4, -0.2) is 47.9 Å². The van der Waals surface area contributed by atoms with Gasteiger partial charge in [-0.1, -0.05) is 0 Å². The van der Waals surface area contributed by atoms with Crippen molar-refractivity contribution in [3.05, 3.63) is 22.8 Å². The Morgan fingerprint density at radius 2 is 2.00 bits per heavy atom. The second-order valence-electron chi connectivity index (χ2n) is 6.30. The summed E-state index contributed by atoms with van der Waals surface area (Å²) < 4.78 is 27.4. The molecule has 3 heterocycles. The Kier molecular flexibility index (Phi) is 4.85. The highest BCUT2D eigenvalue weighted by atomic mass is 79.9. The number of halogens is 3. The Labute approximate surface area is 143 Å². The van der Waals surface area contributed by atoms with Crippen molar-refractivity contribution in [2.24, 2.45) is 5.92 Å². The molecule has 1 aromatic rings. The molecular weight excluding hydrogens is 368 g/mol. The number of hydrogen-bond donors (Lipinski definition) is 0. The second kappa shape index (κ2) is 6.71. The predicted molar refractivity (Wildman–Crippen MR) is 87.6 cm³/mol. The molecule has 0 saturated carbocycles. The van der Waals surface area contributed by atoms with Gasteiger partial charge in [-0.25, -0.2) is 13.8 Å². The Bertz CT molecular complexity index is 557. The lowest BCUT2D eigenvalue weighted by Gasteiger charge is -2.38. The molecule has 126 valence electrons. The van der Waals surface area contributed by atoms with Gasteiger partial charge in [0.1, 0.15) is 5.82 Å². The van der Waals surface area contributed by atoms with Crippen molar-refractivity contribution < 1.29 is 13.6 Å². The summed E-state index contributed by atoms with van der Waals surface area (Å²) in [6.45, 7) is 1.81.